The van der Waals surface area contributed by atoms with Gasteiger partial charge in [0.1, 0.15) is 0 Å². The summed E-state index contributed by atoms with van der Waals surface area (Å²) >= 11 is 2.21. The molecule has 20 heavy (non-hydrogen) atoms. The fraction of sp³-hybridized carbons (Fsp3) is 0.571. The van der Waals surface area contributed by atoms with Crippen molar-refractivity contribution >= 4 is 28.5 Å². The quantitative estimate of drug-likeness (QED) is 0.282. The van der Waals surface area contributed by atoms with Crippen LogP contribution in [0.5, 0.6) is 0 Å². The van der Waals surface area contributed by atoms with E-state index < -0.39 is 0 Å². The van der Waals surface area contributed by atoms with Crippen LogP contribution in [0.3, 0.4) is 0 Å². The van der Waals surface area contributed by atoms with Gasteiger partial charge in [0.05, 0.1) is 46.1 Å². The van der Waals surface area contributed by atoms with Crippen molar-refractivity contribution in [3.63, 3.8) is 0 Å². The maximum Gasteiger partial charge on any atom is 0.0793 e. The summed E-state index contributed by atoms with van der Waals surface area (Å²) in [6.45, 7) is 5.14. The van der Waals surface area contributed by atoms with Gasteiger partial charge in [-0.1, -0.05) is 30.3 Å². The number of halogens is 1. The van der Waals surface area contributed by atoms with Crippen LogP contribution in [0.1, 0.15) is 12.0 Å². The minimum atomic E-state index is 0.535. The van der Waals surface area contributed by atoms with Crippen LogP contribution in [0, 0.1) is 0 Å². The second-order valence-corrected chi connectivity index (χ2v) is 5.81. The van der Waals surface area contributed by atoms with Crippen LogP contribution >= 0.6 is 28.5 Å². The summed E-state index contributed by atoms with van der Waals surface area (Å²) in [6, 6.07) is 10.1. The van der Waals surface area contributed by atoms with Crippen LogP contribution in [-0.4, -0.2) is 39.6 Å². The topological polar surface area (TPSA) is 36.9 Å². The van der Waals surface area contributed by atoms with E-state index >= 15 is 0 Å². The van der Waals surface area contributed by atoms with E-state index in [9.17, 15) is 0 Å². The predicted octanol–water partition coefficient (Wildman–Crippen LogP) is 3.59. The third kappa shape index (κ3) is 10.9. The molecule has 1 atom stereocenters. The van der Waals surface area contributed by atoms with Gasteiger partial charge < -0.3 is 18.7 Å². The van der Waals surface area contributed by atoms with Crippen LogP contribution in [-0.2, 0) is 25.3 Å². The average molecular weight is 412 g/mol. The van der Waals surface area contributed by atoms with Crippen LogP contribution in [0.25, 0.3) is 0 Å². The molecule has 1 aromatic carbocycles. The van der Waals surface area contributed by atoms with Gasteiger partial charge in [-0.15, -0.1) is 0 Å². The van der Waals surface area contributed by atoms with Crippen molar-refractivity contribution in [2.24, 2.45) is 0 Å². The van der Waals surface area contributed by atoms with Gasteiger partial charge in [-0.2, -0.15) is 0 Å². The minimum Gasteiger partial charge on any atom is -0.379 e. The standard InChI is InChI=1S/C14H22IO4P/c15-20-19-8-4-7-16-9-10-17-11-12-18-13-14-5-2-1-3-6-14/h1-3,5-6,20H,4,7-13H2. The Morgan fingerprint density at radius 3 is 2.15 bits per heavy atom. The van der Waals surface area contributed by atoms with E-state index in [1.165, 1.54) is 5.56 Å². The van der Waals surface area contributed by atoms with Gasteiger partial charge in [0.2, 0.25) is 0 Å². The van der Waals surface area contributed by atoms with Crippen molar-refractivity contribution < 1.29 is 18.7 Å². The van der Waals surface area contributed by atoms with E-state index in [0.717, 1.165) is 19.6 Å². The van der Waals surface area contributed by atoms with E-state index in [4.69, 9.17) is 18.7 Å². The van der Waals surface area contributed by atoms with Gasteiger partial charge in [-0.25, -0.2) is 0 Å². The van der Waals surface area contributed by atoms with Crippen molar-refractivity contribution in [2.45, 2.75) is 13.0 Å². The second-order valence-electron chi connectivity index (χ2n) is 4.04. The fourth-order valence-electron chi connectivity index (χ4n) is 1.48. The molecule has 0 spiro atoms. The third-order valence-electron chi connectivity index (χ3n) is 2.45. The largest absolute Gasteiger partial charge is 0.379 e. The Hall–Kier alpha value is 0.220. The first-order valence-corrected chi connectivity index (χ1v) is 10.7. The fourth-order valence-corrected chi connectivity index (χ4v) is 2.36. The van der Waals surface area contributed by atoms with Gasteiger partial charge in [-0.3, -0.25) is 0 Å². The highest BCUT2D eigenvalue weighted by Gasteiger charge is 1.93. The zero-order valence-corrected chi connectivity index (χ0v) is 14.7. The Morgan fingerprint density at radius 2 is 1.45 bits per heavy atom. The molecule has 0 saturated carbocycles. The Kier molecular flexibility index (Phi) is 12.9. The van der Waals surface area contributed by atoms with Gasteiger partial charge in [0.25, 0.3) is 0 Å². The van der Waals surface area contributed by atoms with Gasteiger partial charge in [-0.05, 0) is 34.0 Å². The molecule has 114 valence electrons. The molecule has 0 amide bonds. The van der Waals surface area contributed by atoms with Crippen LogP contribution in [0.2, 0.25) is 0 Å². The Labute approximate surface area is 135 Å². The van der Waals surface area contributed by atoms with E-state index in [0.29, 0.717) is 39.5 Å². The summed E-state index contributed by atoms with van der Waals surface area (Å²) in [6.07, 6.45) is 0.941. The van der Waals surface area contributed by atoms with Crippen molar-refractivity contribution in [3.05, 3.63) is 35.9 Å². The van der Waals surface area contributed by atoms with Gasteiger partial charge in [0.15, 0.2) is 0 Å². The van der Waals surface area contributed by atoms with Crippen molar-refractivity contribution in [3.8, 4) is 0 Å². The molecule has 0 bridgehead atoms. The smallest absolute Gasteiger partial charge is 0.0793 e. The number of ether oxygens (including phenoxy) is 3. The monoisotopic (exact) mass is 412 g/mol. The lowest BCUT2D eigenvalue weighted by Gasteiger charge is -2.07. The molecule has 4 nitrogen and oxygen atoms in total. The highest BCUT2D eigenvalue weighted by Crippen LogP contribution is 2.21. The molecule has 6 heteroatoms. The summed E-state index contributed by atoms with van der Waals surface area (Å²) in [4.78, 5) is 0. The zero-order valence-electron chi connectivity index (χ0n) is 11.6. The molecule has 0 aliphatic carbocycles. The molecule has 0 radical (unpaired) electrons. The SMILES string of the molecule is IPOCCCOCCOCCOCc1ccccc1. The molecule has 0 N–H and O–H groups in total. The first kappa shape index (κ1) is 18.3. The summed E-state index contributed by atoms with van der Waals surface area (Å²) in [5.41, 5.74) is 1.19. The number of hydrogen-bond acceptors (Lipinski definition) is 4. The molecule has 0 aromatic heterocycles. The van der Waals surface area contributed by atoms with Crippen LogP contribution in [0.4, 0.5) is 0 Å². The molecule has 0 fully saturated rings. The average Bonchev–Trinajstić information content (AvgIpc) is 2.49. The second kappa shape index (κ2) is 14.2. The van der Waals surface area contributed by atoms with Crippen molar-refractivity contribution in [2.75, 3.05) is 39.6 Å². The van der Waals surface area contributed by atoms with E-state index in [1.54, 1.807) is 0 Å². The van der Waals surface area contributed by atoms with Crippen molar-refractivity contribution in [1.29, 1.82) is 0 Å². The predicted molar refractivity (Wildman–Crippen MR) is 90.6 cm³/mol. The summed E-state index contributed by atoms with van der Waals surface area (Å²) in [5.74, 6) is 0. The van der Waals surface area contributed by atoms with Crippen LogP contribution < -0.4 is 0 Å². The molecule has 1 rings (SSSR count). The van der Waals surface area contributed by atoms with Gasteiger partial charge >= 0.3 is 0 Å². The molecule has 0 heterocycles. The number of hydrogen-bond donors (Lipinski definition) is 0. The molecular weight excluding hydrogens is 390 g/mol. The lowest BCUT2D eigenvalue weighted by molar-refractivity contribution is 0.00923. The van der Waals surface area contributed by atoms with Crippen LogP contribution in [0.15, 0.2) is 30.3 Å². The minimum absolute atomic E-state index is 0.535. The maximum absolute atomic E-state index is 5.51. The molecule has 0 aliphatic heterocycles. The summed E-state index contributed by atoms with van der Waals surface area (Å²) in [5, 5.41) is 0. The first-order chi connectivity index (χ1) is 9.93. The maximum atomic E-state index is 5.51. The molecule has 1 unspecified atom stereocenters. The van der Waals surface area contributed by atoms with E-state index in [2.05, 4.69) is 34.2 Å². The number of rotatable bonds is 13. The highest BCUT2D eigenvalue weighted by molar-refractivity contribution is 14.2. The summed E-state index contributed by atoms with van der Waals surface area (Å²) < 4.78 is 21.6. The molecule has 1 aromatic rings. The zero-order chi connectivity index (χ0) is 14.3. The third-order valence-corrected chi connectivity index (χ3v) is 3.69. The number of benzene rings is 1. The van der Waals surface area contributed by atoms with E-state index in [-0.39, 0.29) is 0 Å². The molecule has 0 aliphatic rings. The summed E-state index contributed by atoms with van der Waals surface area (Å²) in [7, 11) is 0. The first-order valence-electron chi connectivity index (χ1n) is 6.68. The highest BCUT2D eigenvalue weighted by atomic mass is 127. The van der Waals surface area contributed by atoms with E-state index in [1.807, 2.05) is 18.2 Å². The lowest BCUT2D eigenvalue weighted by atomic mass is 10.2. The normalized spacial score (nSPS) is 11.4. The van der Waals surface area contributed by atoms with Gasteiger partial charge in [0, 0.05) is 6.61 Å². The molecular formula is C14H22IO4P. The Morgan fingerprint density at radius 1 is 0.800 bits per heavy atom. The Balaban J connectivity index is 1.77. The van der Waals surface area contributed by atoms with Crippen molar-refractivity contribution in [1.82, 2.24) is 0 Å². The molecule has 0 saturated heterocycles. The lowest BCUT2D eigenvalue weighted by Crippen LogP contribution is -2.10. The Bertz CT molecular complexity index is 313.